The monoisotopic (exact) mass is 554 g/mol. The minimum absolute atomic E-state index is 0.000372. The molecule has 1 aromatic heterocycles. The molecule has 4 rings (SSSR count). The van der Waals surface area contributed by atoms with Gasteiger partial charge in [-0.3, -0.25) is 9.63 Å². The van der Waals surface area contributed by atoms with E-state index in [1.807, 2.05) is 0 Å². The molecule has 8 nitrogen and oxygen atoms in total. The summed E-state index contributed by atoms with van der Waals surface area (Å²) >= 11 is 9.65. The van der Waals surface area contributed by atoms with Gasteiger partial charge in [0.25, 0.3) is 5.91 Å². The Hall–Kier alpha value is -2.24. The van der Waals surface area contributed by atoms with Crippen molar-refractivity contribution >= 4 is 55.8 Å². The van der Waals surface area contributed by atoms with Crippen LogP contribution in [0.25, 0.3) is 11.0 Å². The van der Waals surface area contributed by atoms with Crippen molar-refractivity contribution in [3.05, 3.63) is 51.5 Å². The van der Waals surface area contributed by atoms with Gasteiger partial charge in [0.05, 0.1) is 53.1 Å². The molecule has 34 heavy (non-hydrogen) atoms. The van der Waals surface area contributed by atoms with Crippen LogP contribution >= 0.6 is 27.5 Å². The van der Waals surface area contributed by atoms with Crippen molar-refractivity contribution in [3.8, 4) is 0 Å². The van der Waals surface area contributed by atoms with Crippen LogP contribution < -0.4 is 10.8 Å². The minimum Gasteiger partial charge on any atom is -0.394 e. The van der Waals surface area contributed by atoms with Crippen LogP contribution in [0, 0.1) is 5.82 Å². The van der Waals surface area contributed by atoms with Crippen LogP contribution in [0.4, 0.5) is 15.8 Å². The number of anilines is 2. The van der Waals surface area contributed by atoms with E-state index in [0.29, 0.717) is 29.4 Å². The van der Waals surface area contributed by atoms with Gasteiger partial charge in [-0.2, -0.15) is 0 Å². The normalized spacial score (nSPS) is 17.0. The van der Waals surface area contributed by atoms with E-state index in [1.165, 1.54) is 0 Å². The van der Waals surface area contributed by atoms with Crippen molar-refractivity contribution in [1.29, 1.82) is 0 Å². The smallest absolute Gasteiger partial charge is 0.277 e. The van der Waals surface area contributed by atoms with Crippen molar-refractivity contribution in [3.63, 3.8) is 0 Å². The number of benzene rings is 2. The number of aromatic nitrogens is 2. The maximum absolute atomic E-state index is 15.8. The molecule has 1 saturated heterocycles. The summed E-state index contributed by atoms with van der Waals surface area (Å²) in [5.41, 5.74) is 3.19. The summed E-state index contributed by atoms with van der Waals surface area (Å²) < 4.78 is 24.1. The van der Waals surface area contributed by atoms with E-state index in [2.05, 4.69) is 31.7 Å². The molecule has 1 fully saturated rings. The van der Waals surface area contributed by atoms with E-state index in [4.69, 9.17) is 21.2 Å². The first-order chi connectivity index (χ1) is 16.4. The third kappa shape index (κ3) is 5.52. The Morgan fingerprint density at radius 2 is 2.26 bits per heavy atom. The fourth-order valence-corrected chi connectivity index (χ4v) is 4.47. The van der Waals surface area contributed by atoms with Crippen molar-refractivity contribution in [2.45, 2.75) is 44.9 Å². The zero-order valence-electron chi connectivity index (χ0n) is 18.5. The van der Waals surface area contributed by atoms with Gasteiger partial charge in [-0.1, -0.05) is 27.5 Å². The summed E-state index contributed by atoms with van der Waals surface area (Å²) in [7, 11) is 0. The van der Waals surface area contributed by atoms with E-state index >= 15 is 4.39 Å². The number of ether oxygens (including phenoxy) is 1. The molecule has 3 aromatic rings. The maximum atomic E-state index is 15.8. The zero-order chi connectivity index (χ0) is 24.2. The number of rotatable bonds is 8. The van der Waals surface area contributed by atoms with E-state index in [9.17, 15) is 9.90 Å². The van der Waals surface area contributed by atoms with Gasteiger partial charge in [0, 0.05) is 11.1 Å². The molecule has 1 aliphatic heterocycles. The van der Waals surface area contributed by atoms with Gasteiger partial charge >= 0.3 is 0 Å². The first-order valence-electron chi connectivity index (χ1n) is 10.9. The molecule has 1 amide bonds. The topological polar surface area (TPSA) is 97.6 Å². The van der Waals surface area contributed by atoms with Gasteiger partial charge in [0.1, 0.15) is 11.6 Å². The number of halogens is 3. The number of nitrogens with zero attached hydrogens (tertiary/aromatic N) is 2. The van der Waals surface area contributed by atoms with Crippen LogP contribution in [-0.2, 0) is 16.1 Å². The van der Waals surface area contributed by atoms with E-state index in [1.54, 1.807) is 42.1 Å². The van der Waals surface area contributed by atoms with Crippen molar-refractivity contribution in [1.82, 2.24) is 15.0 Å². The van der Waals surface area contributed by atoms with Gasteiger partial charge in [-0.05, 0) is 50.5 Å². The van der Waals surface area contributed by atoms with Gasteiger partial charge in [0.2, 0.25) is 0 Å². The third-order valence-corrected chi connectivity index (χ3v) is 6.38. The lowest BCUT2D eigenvalue weighted by Gasteiger charge is -2.23. The Morgan fingerprint density at radius 1 is 1.44 bits per heavy atom. The summed E-state index contributed by atoms with van der Waals surface area (Å²) in [6.45, 7) is 2.49. The lowest BCUT2D eigenvalue weighted by atomic mass is 10.1. The van der Waals surface area contributed by atoms with Crippen molar-refractivity contribution < 1.29 is 23.9 Å². The van der Waals surface area contributed by atoms with E-state index < -0.39 is 17.8 Å². The fourth-order valence-electron chi connectivity index (χ4n) is 3.75. The summed E-state index contributed by atoms with van der Waals surface area (Å²) in [4.78, 5) is 22.4. The molecule has 1 aliphatic rings. The van der Waals surface area contributed by atoms with Gasteiger partial charge in [-0.25, -0.2) is 14.9 Å². The lowest BCUT2D eigenvalue weighted by molar-refractivity contribution is -0.0304. The molecule has 2 atom stereocenters. The number of nitrogens with one attached hydrogen (secondary N) is 2. The second-order valence-electron chi connectivity index (χ2n) is 8.16. The average Bonchev–Trinajstić information content (AvgIpc) is 3.23. The molecule has 11 heteroatoms. The largest absolute Gasteiger partial charge is 0.394 e. The standard InChI is InChI=1S/C23H25BrClFN4O4/c1-13(11-31)34-29-23(32)16-9-19-22(27-12-30(19)10-15-4-2-3-7-33-15)20(26)21(16)28-18-6-5-14(24)8-17(18)25/h5-6,8-9,12-13,15,28,31H,2-4,7,10-11H2,1H3,(H,29,32). The number of carbonyl (C=O) groups excluding carboxylic acids is 1. The Labute approximate surface area is 209 Å². The van der Waals surface area contributed by atoms with Crippen LogP contribution in [0.5, 0.6) is 0 Å². The van der Waals surface area contributed by atoms with Gasteiger partial charge < -0.3 is 19.7 Å². The molecule has 2 unspecified atom stereocenters. The van der Waals surface area contributed by atoms with Crippen LogP contribution in [0.15, 0.2) is 35.1 Å². The molecule has 0 saturated carbocycles. The van der Waals surface area contributed by atoms with Crippen molar-refractivity contribution in [2.24, 2.45) is 0 Å². The quantitative estimate of drug-likeness (QED) is 0.341. The molecular formula is C23H25BrClFN4O4. The molecule has 3 N–H and O–H groups in total. The molecule has 182 valence electrons. The highest BCUT2D eigenvalue weighted by atomic mass is 79.9. The Kier molecular flexibility index (Phi) is 8.05. The highest BCUT2D eigenvalue weighted by molar-refractivity contribution is 9.10. The van der Waals surface area contributed by atoms with E-state index in [0.717, 1.165) is 23.7 Å². The molecule has 2 aromatic carbocycles. The molecule has 0 bridgehead atoms. The maximum Gasteiger partial charge on any atom is 0.277 e. The Balaban J connectivity index is 1.74. The van der Waals surface area contributed by atoms with Crippen LogP contribution in [0.1, 0.15) is 36.5 Å². The van der Waals surface area contributed by atoms with Gasteiger partial charge in [-0.15, -0.1) is 0 Å². The first-order valence-corrected chi connectivity index (χ1v) is 12.1. The fraction of sp³-hybridized carbons (Fsp3) is 0.391. The SMILES string of the molecule is CC(CO)ONC(=O)c1cc2c(ncn2CC2CCCCO2)c(F)c1Nc1ccc(Br)cc1Cl. The summed E-state index contributed by atoms with van der Waals surface area (Å²) in [5, 5.41) is 12.5. The molecular weight excluding hydrogens is 531 g/mol. The number of hydrogen-bond donors (Lipinski definition) is 3. The van der Waals surface area contributed by atoms with Crippen LogP contribution in [0.3, 0.4) is 0 Å². The van der Waals surface area contributed by atoms with Crippen LogP contribution in [-0.4, -0.2) is 46.0 Å². The second-order valence-corrected chi connectivity index (χ2v) is 9.48. The molecule has 0 radical (unpaired) electrons. The zero-order valence-corrected chi connectivity index (χ0v) is 20.8. The molecule has 0 spiro atoms. The summed E-state index contributed by atoms with van der Waals surface area (Å²) in [5.74, 6) is -1.38. The first kappa shape index (κ1) is 24.9. The van der Waals surface area contributed by atoms with E-state index in [-0.39, 0.29) is 29.5 Å². The number of amides is 1. The number of hydroxylamine groups is 1. The van der Waals surface area contributed by atoms with Gasteiger partial charge in [0.15, 0.2) is 5.82 Å². The number of aliphatic hydroxyl groups excluding tert-OH is 1. The lowest BCUT2D eigenvalue weighted by Crippen LogP contribution is -2.30. The number of hydrogen-bond acceptors (Lipinski definition) is 6. The minimum atomic E-state index is -0.694. The predicted octanol–water partition coefficient (Wildman–Crippen LogP) is 4.95. The number of carbonyl (C=O) groups is 1. The highest BCUT2D eigenvalue weighted by Crippen LogP contribution is 2.34. The van der Waals surface area contributed by atoms with Crippen molar-refractivity contribution in [2.75, 3.05) is 18.5 Å². The summed E-state index contributed by atoms with van der Waals surface area (Å²) in [6.07, 6.45) is 3.92. The molecule has 0 aliphatic carbocycles. The average molecular weight is 556 g/mol. The van der Waals surface area contributed by atoms with Crippen LogP contribution in [0.2, 0.25) is 5.02 Å². The predicted molar refractivity (Wildman–Crippen MR) is 131 cm³/mol. The number of aliphatic hydroxyl groups is 1. The second kappa shape index (κ2) is 11.0. The number of imidazole rings is 1. The Morgan fingerprint density at radius 3 is 2.97 bits per heavy atom. The third-order valence-electron chi connectivity index (χ3n) is 5.58. The highest BCUT2D eigenvalue weighted by Gasteiger charge is 2.24. The summed E-state index contributed by atoms with van der Waals surface area (Å²) in [6, 6.07) is 6.63. The number of fused-ring (bicyclic) bond motifs is 1. The molecule has 2 heterocycles. The Bertz CT molecular complexity index is 1190.